The lowest BCUT2D eigenvalue weighted by molar-refractivity contribution is -0.114. The van der Waals surface area contributed by atoms with E-state index in [-0.39, 0.29) is 17.6 Å². The third-order valence-corrected chi connectivity index (χ3v) is 9.03. The van der Waals surface area contributed by atoms with Crippen molar-refractivity contribution >= 4 is 67.9 Å². The number of methoxy groups -OCH3 is 2. The van der Waals surface area contributed by atoms with Crippen LogP contribution in [0.4, 0.5) is 10.5 Å². The van der Waals surface area contributed by atoms with Gasteiger partial charge in [-0.25, -0.2) is 9.59 Å². The van der Waals surface area contributed by atoms with E-state index < -0.39 is 12.1 Å². The Morgan fingerprint density at radius 3 is 2.58 bits per heavy atom. The quantitative estimate of drug-likeness (QED) is 0.241. The molecule has 3 aromatic rings. The van der Waals surface area contributed by atoms with Crippen LogP contribution in [0.25, 0.3) is 17.0 Å². The first-order chi connectivity index (χ1) is 19.2. The van der Waals surface area contributed by atoms with Gasteiger partial charge in [0, 0.05) is 77.5 Å². The number of likely N-dealkylation sites (N-methyl/N-ethyl adjacent to an activating group) is 1. The van der Waals surface area contributed by atoms with E-state index in [0.29, 0.717) is 52.8 Å². The van der Waals surface area contributed by atoms with Gasteiger partial charge in [0.2, 0.25) is 0 Å². The van der Waals surface area contributed by atoms with Crippen LogP contribution in [0.2, 0.25) is 0 Å². The van der Waals surface area contributed by atoms with Crippen LogP contribution in [-0.4, -0.2) is 92.1 Å². The number of carbonyl (C=O) groups is 3. The molecule has 212 valence electrons. The summed E-state index contributed by atoms with van der Waals surface area (Å²) in [6.45, 7) is 4.78. The number of nitrogens with one attached hydrogen (secondary N) is 1. The molecule has 12 heteroatoms. The second-order valence-corrected chi connectivity index (χ2v) is 11.4. The Hall–Kier alpha value is -3.35. The minimum Gasteiger partial charge on any atom is -0.496 e. The molecule has 0 spiro atoms. The number of benzene rings is 1. The number of amides is 2. The number of aromatic nitrogens is 1. The van der Waals surface area contributed by atoms with Gasteiger partial charge in [0.05, 0.1) is 31.0 Å². The number of piperazine rings is 1. The van der Waals surface area contributed by atoms with Crippen molar-refractivity contribution in [3.8, 4) is 11.5 Å². The zero-order valence-corrected chi connectivity index (χ0v) is 25.2. The van der Waals surface area contributed by atoms with Crippen molar-refractivity contribution in [2.75, 3.05) is 64.2 Å². The van der Waals surface area contributed by atoms with Crippen LogP contribution >= 0.6 is 27.3 Å². The Labute approximate surface area is 244 Å². The van der Waals surface area contributed by atoms with Crippen molar-refractivity contribution < 1.29 is 28.6 Å². The first-order valence-electron chi connectivity index (χ1n) is 12.9. The molecule has 1 atom stereocenters. The van der Waals surface area contributed by atoms with Gasteiger partial charge in [0.25, 0.3) is 5.91 Å². The van der Waals surface area contributed by atoms with E-state index >= 15 is 0 Å². The number of rotatable bonds is 6. The number of hydrogen-bond acceptors (Lipinski definition) is 8. The second-order valence-electron chi connectivity index (χ2n) is 9.85. The van der Waals surface area contributed by atoms with Crippen molar-refractivity contribution in [3.05, 3.63) is 45.3 Å². The number of ether oxygens (including phenoxy) is 3. The zero-order valence-electron chi connectivity index (χ0n) is 22.8. The van der Waals surface area contributed by atoms with Crippen LogP contribution in [0.3, 0.4) is 0 Å². The van der Waals surface area contributed by atoms with Crippen molar-refractivity contribution in [2.24, 2.45) is 0 Å². The van der Waals surface area contributed by atoms with Gasteiger partial charge in [0.15, 0.2) is 5.75 Å². The summed E-state index contributed by atoms with van der Waals surface area (Å²) in [6.07, 6.45) is 2.81. The van der Waals surface area contributed by atoms with E-state index in [2.05, 4.69) is 25.8 Å². The monoisotopic (exact) mass is 630 g/mol. The highest BCUT2D eigenvalue weighted by molar-refractivity contribution is 9.09. The van der Waals surface area contributed by atoms with Gasteiger partial charge in [-0.3, -0.25) is 4.79 Å². The van der Waals surface area contributed by atoms with Crippen molar-refractivity contribution in [3.63, 3.8) is 0 Å². The predicted molar refractivity (Wildman–Crippen MR) is 158 cm³/mol. The Balaban J connectivity index is 1.59. The fourth-order valence-electron chi connectivity index (χ4n) is 5.22. The van der Waals surface area contributed by atoms with E-state index in [1.54, 1.807) is 36.0 Å². The van der Waals surface area contributed by atoms with Crippen LogP contribution in [0, 0.1) is 6.92 Å². The number of fused-ring (bicyclic) bond motifs is 3. The highest BCUT2D eigenvalue weighted by Crippen LogP contribution is 2.47. The number of alkyl halides is 1. The van der Waals surface area contributed by atoms with E-state index in [4.69, 9.17) is 14.2 Å². The topological polar surface area (TPSA) is 104 Å². The molecule has 2 aliphatic rings. The van der Waals surface area contributed by atoms with Crippen LogP contribution in [0.1, 0.15) is 32.4 Å². The lowest BCUT2D eigenvalue weighted by Crippen LogP contribution is -2.48. The molecule has 4 heterocycles. The van der Waals surface area contributed by atoms with Crippen molar-refractivity contribution in [2.45, 2.75) is 12.8 Å². The van der Waals surface area contributed by atoms with Gasteiger partial charge >= 0.3 is 12.1 Å². The van der Waals surface area contributed by atoms with E-state index in [0.717, 1.165) is 29.3 Å². The minimum absolute atomic E-state index is 0.0994. The Kier molecular flexibility index (Phi) is 8.20. The molecule has 0 aliphatic carbocycles. The van der Waals surface area contributed by atoms with Gasteiger partial charge in [-0.15, -0.1) is 11.3 Å². The summed E-state index contributed by atoms with van der Waals surface area (Å²) in [5.41, 5.74) is 2.92. The number of hydrogen-bond donors (Lipinski definition) is 1. The normalized spacial score (nSPS) is 17.5. The summed E-state index contributed by atoms with van der Waals surface area (Å²) in [5, 5.41) is 3.04. The summed E-state index contributed by atoms with van der Waals surface area (Å²) in [5.74, 6) is 0.168. The predicted octanol–water partition coefficient (Wildman–Crippen LogP) is 4.62. The molecule has 2 amide bonds. The van der Waals surface area contributed by atoms with Gasteiger partial charge in [0.1, 0.15) is 5.75 Å². The van der Waals surface area contributed by atoms with Crippen LogP contribution in [0.15, 0.2) is 23.6 Å². The van der Waals surface area contributed by atoms with Crippen LogP contribution < -0.4 is 14.4 Å². The lowest BCUT2D eigenvalue weighted by atomic mass is 9.95. The molecule has 0 saturated carbocycles. The zero-order chi connectivity index (χ0) is 28.6. The number of aromatic amines is 1. The molecule has 1 aromatic carbocycles. The number of aryl methyl sites for hydroxylation is 1. The fourth-order valence-corrected chi connectivity index (χ4v) is 6.50. The molecule has 40 heavy (non-hydrogen) atoms. The van der Waals surface area contributed by atoms with Gasteiger partial charge in [-0.2, -0.15) is 0 Å². The van der Waals surface area contributed by atoms with Crippen LogP contribution in [0.5, 0.6) is 11.5 Å². The third-order valence-electron chi connectivity index (χ3n) is 7.37. The maximum atomic E-state index is 13.5. The molecule has 1 N–H and O–H groups in total. The molecular formula is C28H31BrN4O6S. The number of thiophene rings is 1. The first-order valence-corrected chi connectivity index (χ1v) is 14.9. The third kappa shape index (κ3) is 5.23. The van der Waals surface area contributed by atoms with E-state index in [1.807, 2.05) is 18.5 Å². The Morgan fingerprint density at radius 1 is 1.18 bits per heavy atom. The number of carbonyl (C=O) groups excluding carboxylic acids is 3. The Morgan fingerprint density at radius 2 is 1.93 bits per heavy atom. The molecule has 0 radical (unpaired) electrons. The molecule has 1 saturated heterocycles. The highest BCUT2D eigenvalue weighted by Gasteiger charge is 2.37. The summed E-state index contributed by atoms with van der Waals surface area (Å²) >= 11 is 5.08. The smallest absolute Gasteiger partial charge is 0.415 e. The molecule has 2 aliphatic heterocycles. The van der Waals surface area contributed by atoms with Crippen molar-refractivity contribution in [1.29, 1.82) is 0 Å². The molecule has 10 nitrogen and oxygen atoms in total. The summed E-state index contributed by atoms with van der Waals surface area (Å²) in [7, 11) is 4.95. The number of anilines is 1. The summed E-state index contributed by atoms with van der Waals surface area (Å²) in [4.78, 5) is 49.3. The van der Waals surface area contributed by atoms with Gasteiger partial charge < -0.3 is 33.9 Å². The maximum absolute atomic E-state index is 13.5. The van der Waals surface area contributed by atoms with Crippen LogP contribution in [-0.2, 0) is 9.53 Å². The second kappa shape index (κ2) is 11.6. The fraction of sp³-hybridized carbons (Fsp3) is 0.393. The lowest BCUT2D eigenvalue weighted by Gasteiger charge is -2.31. The summed E-state index contributed by atoms with van der Waals surface area (Å²) in [6, 6.07) is 3.59. The molecular weight excluding hydrogens is 600 g/mol. The van der Waals surface area contributed by atoms with Crippen molar-refractivity contribution in [1.82, 2.24) is 14.8 Å². The molecule has 5 rings (SSSR count). The Bertz CT molecular complexity index is 1490. The highest BCUT2D eigenvalue weighted by atomic mass is 79.9. The number of H-pyrrole nitrogens is 1. The largest absolute Gasteiger partial charge is 0.496 e. The number of nitrogens with zero attached hydrogens (tertiary/aromatic N) is 3. The van der Waals surface area contributed by atoms with Gasteiger partial charge in [-0.05, 0) is 31.7 Å². The average molecular weight is 632 g/mol. The minimum atomic E-state index is -0.502. The van der Waals surface area contributed by atoms with Gasteiger partial charge in [-0.1, -0.05) is 15.9 Å². The van der Waals surface area contributed by atoms with E-state index in [9.17, 15) is 14.4 Å². The molecule has 0 bridgehead atoms. The maximum Gasteiger partial charge on any atom is 0.415 e. The number of esters is 1. The van der Waals surface area contributed by atoms with E-state index in [1.165, 1.54) is 24.5 Å². The summed E-state index contributed by atoms with van der Waals surface area (Å²) < 4.78 is 16.3. The molecule has 1 fully saturated rings. The first kappa shape index (κ1) is 28.2. The molecule has 2 aromatic heterocycles. The molecule has 0 unspecified atom stereocenters. The number of halogens is 1. The SMILES string of the molecule is COC(=O)c1c(C)[nH]c2c(OC(=O)N3CCN(C)CC3)cc3c(c12)[C@H](CBr)CN3C(=O)/C=C/c1cc(OC)cs1. The average Bonchev–Trinajstić information content (AvgIpc) is 3.66. The standard InChI is InChI=1S/C28H31BrN4O6S/c1-16-23(27(35)38-4)25-24-17(13-29)14-33(22(34)6-5-19-11-18(37-3)15-40-19)20(24)12-21(26(25)30-16)39-28(36)32-9-7-31(2)8-10-32/h5-6,11-12,15,17,30H,7-10,13-14H2,1-4H3/b6-5+/t17-/m1/s1.